The van der Waals surface area contributed by atoms with Crippen LogP contribution in [0.5, 0.6) is 0 Å². The van der Waals surface area contributed by atoms with Gasteiger partial charge in [0.25, 0.3) is 0 Å². The van der Waals surface area contributed by atoms with E-state index in [2.05, 4.69) is 28.7 Å². The molecule has 0 N–H and O–H groups in total. The quantitative estimate of drug-likeness (QED) is 0.698. The first-order valence-corrected chi connectivity index (χ1v) is 4.78. The number of hydrogen-bond acceptors (Lipinski definition) is 3. The summed E-state index contributed by atoms with van der Waals surface area (Å²) in [6.45, 7) is 4.22. The van der Waals surface area contributed by atoms with Crippen molar-refractivity contribution in [2.24, 2.45) is 0 Å². The third kappa shape index (κ3) is 2.31. The molecule has 1 aromatic heterocycles. The predicted molar refractivity (Wildman–Crippen MR) is 55.1 cm³/mol. The number of alkyl halides is 1. The highest BCUT2D eigenvalue weighted by Gasteiger charge is 2.10. The zero-order valence-corrected chi connectivity index (χ0v) is 8.91. The Balaban J connectivity index is 2.98. The summed E-state index contributed by atoms with van der Waals surface area (Å²) in [7, 11) is 2.00. The van der Waals surface area contributed by atoms with Gasteiger partial charge in [0.1, 0.15) is 12.1 Å². The van der Waals surface area contributed by atoms with Crippen LogP contribution in [0.4, 0.5) is 5.82 Å². The minimum Gasteiger partial charge on any atom is -0.357 e. The van der Waals surface area contributed by atoms with Crippen LogP contribution in [0.15, 0.2) is 12.5 Å². The molecule has 0 aliphatic rings. The fourth-order valence-corrected chi connectivity index (χ4v) is 1.20. The first kappa shape index (κ1) is 10.3. The summed E-state index contributed by atoms with van der Waals surface area (Å²) in [6, 6.07) is 0.414. The Morgan fingerprint density at radius 1 is 1.54 bits per heavy atom. The summed E-state index contributed by atoms with van der Waals surface area (Å²) in [4.78, 5) is 10.2. The zero-order valence-electron chi connectivity index (χ0n) is 8.16. The Labute approximate surface area is 83.8 Å². The van der Waals surface area contributed by atoms with Gasteiger partial charge in [0.05, 0.1) is 5.88 Å². The Morgan fingerprint density at radius 3 is 2.77 bits per heavy atom. The topological polar surface area (TPSA) is 29.0 Å². The number of halogens is 1. The van der Waals surface area contributed by atoms with Crippen LogP contribution < -0.4 is 4.90 Å². The van der Waals surface area contributed by atoms with Crippen molar-refractivity contribution in [2.75, 3.05) is 11.9 Å². The minimum absolute atomic E-state index is 0.414. The van der Waals surface area contributed by atoms with Crippen LogP contribution >= 0.6 is 11.6 Å². The maximum absolute atomic E-state index is 5.77. The molecule has 0 saturated carbocycles. The molecule has 0 spiro atoms. The highest BCUT2D eigenvalue weighted by molar-refractivity contribution is 6.17. The molecule has 0 unspecified atom stereocenters. The monoisotopic (exact) mass is 199 g/mol. The molecule has 1 heterocycles. The van der Waals surface area contributed by atoms with Crippen molar-refractivity contribution in [1.82, 2.24) is 9.97 Å². The van der Waals surface area contributed by atoms with Crippen LogP contribution in [0.1, 0.15) is 19.4 Å². The Kier molecular flexibility index (Phi) is 3.48. The molecule has 1 aromatic rings. The lowest BCUT2D eigenvalue weighted by molar-refractivity contribution is 0.737. The van der Waals surface area contributed by atoms with Crippen molar-refractivity contribution in [3.05, 3.63) is 18.1 Å². The summed E-state index contributed by atoms with van der Waals surface area (Å²) in [5.74, 6) is 1.37. The average Bonchev–Trinajstić information content (AvgIpc) is 2.16. The van der Waals surface area contributed by atoms with Crippen molar-refractivity contribution in [2.45, 2.75) is 25.8 Å². The fraction of sp³-hybridized carbons (Fsp3) is 0.556. The molecule has 4 heteroatoms. The van der Waals surface area contributed by atoms with Crippen LogP contribution in [-0.2, 0) is 5.88 Å². The third-order valence-corrected chi connectivity index (χ3v) is 2.30. The summed E-state index contributed by atoms with van der Waals surface area (Å²) in [5.41, 5.74) is 0.973. The number of hydrogen-bond donors (Lipinski definition) is 0. The van der Waals surface area contributed by atoms with Crippen molar-refractivity contribution in [3.8, 4) is 0 Å². The lowest BCUT2D eigenvalue weighted by atomic mass is 10.3. The molecule has 0 aromatic carbocycles. The van der Waals surface area contributed by atoms with Gasteiger partial charge >= 0.3 is 0 Å². The van der Waals surface area contributed by atoms with Crippen LogP contribution in [-0.4, -0.2) is 23.1 Å². The highest BCUT2D eigenvalue weighted by Crippen LogP contribution is 2.18. The molecule has 3 nitrogen and oxygen atoms in total. The summed E-state index contributed by atoms with van der Waals surface area (Å²) in [5, 5.41) is 0. The molecule has 72 valence electrons. The molecule has 13 heavy (non-hydrogen) atoms. The molecular formula is C9H14ClN3. The molecule has 0 amide bonds. The highest BCUT2D eigenvalue weighted by atomic mass is 35.5. The molecule has 0 aliphatic carbocycles. The van der Waals surface area contributed by atoms with E-state index in [0.717, 1.165) is 11.4 Å². The van der Waals surface area contributed by atoms with Crippen molar-refractivity contribution >= 4 is 17.4 Å². The molecule has 0 radical (unpaired) electrons. The van der Waals surface area contributed by atoms with E-state index in [1.54, 1.807) is 12.5 Å². The van der Waals surface area contributed by atoms with Crippen LogP contribution in [0.3, 0.4) is 0 Å². The molecule has 0 aliphatic heterocycles. The second-order valence-electron chi connectivity index (χ2n) is 3.21. The van der Waals surface area contributed by atoms with E-state index >= 15 is 0 Å². The van der Waals surface area contributed by atoms with E-state index in [1.807, 2.05) is 7.05 Å². The van der Waals surface area contributed by atoms with Crippen LogP contribution in [0.25, 0.3) is 0 Å². The molecule has 0 atom stereocenters. The second kappa shape index (κ2) is 4.42. The maximum Gasteiger partial charge on any atom is 0.136 e. The standard InChI is InChI=1S/C9H14ClN3/c1-7(2)13(3)9-8(4-10)5-11-6-12-9/h5-7H,4H2,1-3H3. The van der Waals surface area contributed by atoms with Gasteiger partial charge in [0.2, 0.25) is 0 Å². The fourth-order valence-electron chi connectivity index (χ4n) is 1.01. The number of rotatable bonds is 3. The average molecular weight is 200 g/mol. The van der Waals surface area contributed by atoms with Crippen LogP contribution in [0.2, 0.25) is 0 Å². The van der Waals surface area contributed by atoms with E-state index in [4.69, 9.17) is 11.6 Å². The van der Waals surface area contributed by atoms with E-state index in [-0.39, 0.29) is 0 Å². The van der Waals surface area contributed by atoms with Crippen molar-refractivity contribution < 1.29 is 0 Å². The van der Waals surface area contributed by atoms with Gasteiger partial charge < -0.3 is 4.90 Å². The van der Waals surface area contributed by atoms with Crippen LogP contribution in [0, 0.1) is 0 Å². The van der Waals surface area contributed by atoms with Gasteiger partial charge in [-0.15, -0.1) is 11.6 Å². The lowest BCUT2D eigenvalue weighted by Crippen LogP contribution is -2.27. The van der Waals surface area contributed by atoms with Gasteiger partial charge in [-0.3, -0.25) is 0 Å². The van der Waals surface area contributed by atoms with Gasteiger partial charge in [-0.05, 0) is 13.8 Å². The lowest BCUT2D eigenvalue weighted by Gasteiger charge is -2.23. The molecular weight excluding hydrogens is 186 g/mol. The number of nitrogens with zero attached hydrogens (tertiary/aromatic N) is 3. The number of aromatic nitrogens is 2. The first-order valence-electron chi connectivity index (χ1n) is 4.24. The van der Waals surface area contributed by atoms with Crippen molar-refractivity contribution in [1.29, 1.82) is 0 Å². The second-order valence-corrected chi connectivity index (χ2v) is 3.48. The van der Waals surface area contributed by atoms with Gasteiger partial charge in [-0.2, -0.15) is 0 Å². The maximum atomic E-state index is 5.77. The Hall–Kier alpha value is -0.830. The molecule has 0 saturated heterocycles. The number of anilines is 1. The Bertz CT molecular complexity index is 275. The molecule has 0 bridgehead atoms. The SMILES string of the molecule is CC(C)N(C)c1ncncc1CCl. The predicted octanol–water partition coefficient (Wildman–Crippen LogP) is 2.06. The smallest absolute Gasteiger partial charge is 0.136 e. The van der Waals surface area contributed by atoms with Gasteiger partial charge in [-0.25, -0.2) is 9.97 Å². The van der Waals surface area contributed by atoms with Gasteiger partial charge in [-0.1, -0.05) is 0 Å². The van der Waals surface area contributed by atoms with Crippen molar-refractivity contribution in [3.63, 3.8) is 0 Å². The molecule has 1 rings (SSSR count). The summed E-state index contributed by atoms with van der Waals surface area (Å²) >= 11 is 5.77. The van der Waals surface area contributed by atoms with Gasteiger partial charge in [0.15, 0.2) is 0 Å². The largest absolute Gasteiger partial charge is 0.357 e. The summed E-state index contributed by atoms with van der Waals surface area (Å²) in [6.07, 6.45) is 3.30. The normalized spacial score (nSPS) is 10.5. The Morgan fingerprint density at radius 2 is 2.23 bits per heavy atom. The minimum atomic E-state index is 0.414. The zero-order chi connectivity index (χ0) is 9.84. The first-order chi connectivity index (χ1) is 6.16. The molecule has 0 fully saturated rings. The van der Waals surface area contributed by atoms with E-state index in [1.165, 1.54) is 0 Å². The summed E-state index contributed by atoms with van der Waals surface area (Å²) < 4.78 is 0. The van der Waals surface area contributed by atoms with E-state index < -0.39 is 0 Å². The van der Waals surface area contributed by atoms with Gasteiger partial charge in [0, 0.05) is 24.8 Å². The van der Waals surface area contributed by atoms with E-state index in [9.17, 15) is 0 Å². The third-order valence-electron chi connectivity index (χ3n) is 2.02. The van der Waals surface area contributed by atoms with E-state index in [0.29, 0.717) is 11.9 Å².